The van der Waals surface area contributed by atoms with E-state index in [0.29, 0.717) is 23.0 Å². The predicted molar refractivity (Wildman–Crippen MR) is 194 cm³/mol. The minimum atomic E-state index is -5.35. The number of alkyl halides is 3. The summed E-state index contributed by atoms with van der Waals surface area (Å²) in [5.74, 6) is -3.01. The van der Waals surface area contributed by atoms with Crippen LogP contribution in [0.3, 0.4) is 0 Å². The number of aliphatic hydroxyl groups excluding tert-OH is 1. The number of halogens is 4. The topological polar surface area (TPSA) is 170 Å². The number of anilines is 1. The maximum atomic E-state index is 15.7. The molecule has 2 saturated heterocycles. The highest BCUT2D eigenvalue weighted by atomic mass is 35.5. The minimum Gasteiger partial charge on any atom is -0.497 e. The van der Waals surface area contributed by atoms with Gasteiger partial charge < -0.3 is 34.2 Å². The van der Waals surface area contributed by atoms with Gasteiger partial charge in [-0.1, -0.05) is 17.7 Å². The van der Waals surface area contributed by atoms with Gasteiger partial charge in [-0.2, -0.15) is 0 Å². The molecule has 3 atom stereocenters. The number of rotatable bonds is 10. The molecule has 302 valence electrons. The van der Waals surface area contributed by atoms with Gasteiger partial charge in [-0.05, 0) is 54.4 Å². The second kappa shape index (κ2) is 15.3. The molecule has 56 heavy (non-hydrogen) atoms. The van der Waals surface area contributed by atoms with Crippen molar-refractivity contribution in [3.05, 3.63) is 76.3 Å². The van der Waals surface area contributed by atoms with Crippen LogP contribution in [0.5, 0.6) is 17.2 Å². The van der Waals surface area contributed by atoms with E-state index in [9.17, 15) is 41.4 Å². The van der Waals surface area contributed by atoms with Crippen LogP contribution in [0.25, 0.3) is 0 Å². The van der Waals surface area contributed by atoms with E-state index in [1.165, 1.54) is 54.1 Å². The van der Waals surface area contributed by atoms with E-state index < -0.39 is 62.6 Å². The number of likely N-dealkylation sites (N-methyl/N-ethyl adjacent to an activating group) is 1. The van der Waals surface area contributed by atoms with Crippen molar-refractivity contribution in [2.75, 3.05) is 65.3 Å². The number of piperazine rings is 1. The highest BCUT2D eigenvalue weighted by Gasteiger charge is 2.64. The Morgan fingerprint density at radius 1 is 0.964 bits per heavy atom. The Balaban J connectivity index is 1.61. The number of amides is 3. The predicted octanol–water partition coefficient (Wildman–Crippen LogP) is 3.55. The van der Waals surface area contributed by atoms with Crippen LogP contribution in [0.4, 0.5) is 23.7 Å². The number of hydrogen-bond donors (Lipinski definition) is 2. The highest BCUT2D eigenvalue weighted by Crippen LogP contribution is 2.55. The monoisotopic (exact) mass is 825 g/mol. The second-order valence-electron chi connectivity index (χ2n) is 13.7. The van der Waals surface area contributed by atoms with Crippen LogP contribution >= 0.6 is 11.6 Å². The molecule has 3 aliphatic rings. The van der Waals surface area contributed by atoms with E-state index >= 15 is 4.79 Å². The average molecular weight is 826 g/mol. The summed E-state index contributed by atoms with van der Waals surface area (Å²) in [4.78, 5) is 46.0. The zero-order valence-electron chi connectivity index (χ0n) is 30.6. The number of carboxylic acid groups (broad SMARTS) is 1. The molecular formula is C36H39ClF3N5O10S. The molecule has 6 rings (SSSR count). The number of ether oxygens (including phenoxy) is 3. The number of hydrogen-bond acceptors (Lipinski definition) is 11. The molecule has 0 saturated carbocycles. The Labute approximate surface area is 325 Å². The number of β-amino-alcohol motifs (C(OH)–C–C–N with tert-alkyl or cyclic N) is 1. The summed E-state index contributed by atoms with van der Waals surface area (Å²) >= 11 is 6.58. The molecule has 3 aromatic rings. The number of benzene rings is 3. The smallest absolute Gasteiger partial charge is 0.497 e. The first-order valence-corrected chi connectivity index (χ1v) is 19.0. The van der Waals surface area contributed by atoms with Crippen LogP contribution in [0.15, 0.2) is 59.5 Å². The summed E-state index contributed by atoms with van der Waals surface area (Å²) in [6.07, 6.45) is -7.74. The van der Waals surface area contributed by atoms with Crippen molar-refractivity contribution in [3.8, 4) is 17.2 Å². The summed E-state index contributed by atoms with van der Waals surface area (Å²) in [5, 5.41) is 20.6. The summed E-state index contributed by atoms with van der Waals surface area (Å²) in [6.45, 7) is 1.17. The third-order valence-electron chi connectivity index (χ3n) is 10.1. The van der Waals surface area contributed by atoms with Crippen molar-refractivity contribution in [1.82, 2.24) is 19.6 Å². The first-order valence-electron chi connectivity index (χ1n) is 17.2. The SMILES string of the molecule is COc1ccc(S(=O)(=O)N2C(=O)C(c3cc(CN4CCN(C(=O)O)CC4)ccc3OC)(N3C[C@H](O)C[C@H]3C(=O)N(C)C)c3cc(Cl)ccc32)c(OC(F)(F)F)c1. The molecule has 15 nitrogen and oxygen atoms in total. The lowest BCUT2D eigenvalue weighted by molar-refractivity contribution is -0.275. The molecule has 20 heteroatoms. The van der Waals surface area contributed by atoms with Gasteiger partial charge in [0.25, 0.3) is 15.9 Å². The van der Waals surface area contributed by atoms with Crippen LogP contribution in [0, 0.1) is 0 Å². The Kier molecular flexibility index (Phi) is 11.1. The summed E-state index contributed by atoms with van der Waals surface area (Å²) in [7, 11) is 0.132. The molecule has 0 aromatic heterocycles. The molecule has 3 aliphatic heterocycles. The zero-order chi connectivity index (χ0) is 40.9. The number of nitrogens with zero attached hydrogens (tertiary/aromatic N) is 5. The lowest BCUT2D eigenvalue weighted by Gasteiger charge is -2.42. The van der Waals surface area contributed by atoms with Crippen molar-refractivity contribution in [3.63, 3.8) is 0 Å². The Hall–Kier alpha value is -4.82. The largest absolute Gasteiger partial charge is 0.573 e. The van der Waals surface area contributed by atoms with Gasteiger partial charge >= 0.3 is 12.5 Å². The van der Waals surface area contributed by atoms with Crippen molar-refractivity contribution in [2.45, 2.75) is 41.9 Å². The van der Waals surface area contributed by atoms with Crippen molar-refractivity contribution < 1.29 is 60.4 Å². The van der Waals surface area contributed by atoms with E-state index in [2.05, 4.69) is 4.74 Å². The molecule has 3 amide bonds. The highest BCUT2D eigenvalue weighted by molar-refractivity contribution is 7.93. The Bertz CT molecular complexity index is 2150. The van der Waals surface area contributed by atoms with E-state index in [1.807, 2.05) is 4.90 Å². The zero-order valence-corrected chi connectivity index (χ0v) is 32.2. The molecule has 0 bridgehead atoms. The van der Waals surface area contributed by atoms with Gasteiger partial charge in [0.15, 0.2) is 11.3 Å². The molecule has 0 radical (unpaired) electrons. The molecule has 1 unspecified atom stereocenters. The average Bonchev–Trinajstić information content (AvgIpc) is 3.64. The van der Waals surface area contributed by atoms with E-state index in [1.54, 1.807) is 18.2 Å². The number of fused-ring (bicyclic) bond motifs is 1. The van der Waals surface area contributed by atoms with Gasteiger partial charge in [0, 0.05) is 75.6 Å². The van der Waals surface area contributed by atoms with Gasteiger partial charge in [-0.25, -0.2) is 17.5 Å². The molecule has 0 spiro atoms. The quantitative estimate of drug-likeness (QED) is 0.306. The third-order valence-corrected chi connectivity index (χ3v) is 12.1. The maximum absolute atomic E-state index is 15.7. The molecule has 2 fully saturated rings. The van der Waals surface area contributed by atoms with Gasteiger partial charge in [0.05, 0.1) is 32.1 Å². The minimum absolute atomic E-state index is 0.0485. The summed E-state index contributed by atoms with van der Waals surface area (Å²) < 4.78 is 86.2. The van der Waals surface area contributed by atoms with Gasteiger partial charge in [0.1, 0.15) is 16.4 Å². The number of sulfonamides is 1. The molecule has 3 heterocycles. The Morgan fingerprint density at radius 3 is 2.27 bits per heavy atom. The van der Waals surface area contributed by atoms with Crippen molar-refractivity contribution in [2.24, 2.45) is 0 Å². The van der Waals surface area contributed by atoms with E-state index in [4.69, 9.17) is 21.1 Å². The van der Waals surface area contributed by atoms with E-state index in [0.717, 1.165) is 25.3 Å². The number of carbonyl (C=O) groups excluding carboxylic acids is 2. The molecule has 3 aromatic carbocycles. The first-order chi connectivity index (χ1) is 26.3. The fourth-order valence-electron chi connectivity index (χ4n) is 7.62. The normalized spacial score (nSPS) is 21.9. The lowest BCUT2D eigenvalue weighted by Crippen LogP contribution is -2.59. The van der Waals surface area contributed by atoms with Gasteiger partial charge in [-0.3, -0.25) is 19.4 Å². The van der Waals surface area contributed by atoms with Gasteiger partial charge in [0.2, 0.25) is 5.91 Å². The third kappa shape index (κ3) is 7.29. The second-order valence-corrected chi connectivity index (χ2v) is 15.9. The standard InChI is InChI=1S/C36H39ClF3N5O10S/c1-41(2)32(47)28-17-23(46)20-44(28)35(26-15-21(5-9-29(26)54-4)19-42-11-13-43(14-12-42)34(49)50)25-16-22(37)6-8-27(25)45(33(35)48)56(51,52)31-10-7-24(53-3)18-30(31)55-36(38,39)40/h5-10,15-16,18,23,28,46H,11-14,17,19-20H2,1-4H3,(H,49,50)/t23-,28+,35?/m1/s1. The van der Waals surface area contributed by atoms with Crippen LogP contribution in [0.2, 0.25) is 5.02 Å². The van der Waals surface area contributed by atoms with Crippen LogP contribution < -0.4 is 18.5 Å². The van der Waals surface area contributed by atoms with Crippen molar-refractivity contribution in [1.29, 1.82) is 0 Å². The lowest BCUT2D eigenvalue weighted by atomic mass is 9.80. The van der Waals surface area contributed by atoms with Crippen LogP contribution in [0.1, 0.15) is 23.1 Å². The number of methoxy groups -OCH3 is 2. The molecule has 2 N–H and O–H groups in total. The van der Waals surface area contributed by atoms with E-state index in [-0.39, 0.29) is 65.9 Å². The summed E-state index contributed by atoms with van der Waals surface area (Å²) in [6, 6.07) is 10.2. The first kappa shape index (κ1) is 40.8. The fourth-order valence-corrected chi connectivity index (χ4v) is 9.35. The van der Waals surface area contributed by atoms with Gasteiger partial charge in [-0.15, -0.1) is 13.2 Å². The van der Waals surface area contributed by atoms with Crippen LogP contribution in [-0.2, 0) is 31.7 Å². The fraction of sp³-hybridized carbons (Fsp3) is 0.417. The number of likely N-dealkylation sites (tertiary alicyclic amines) is 1. The number of carbonyl (C=O) groups is 3. The molecular weight excluding hydrogens is 787 g/mol. The Morgan fingerprint density at radius 2 is 1.66 bits per heavy atom. The van der Waals surface area contributed by atoms with Crippen LogP contribution in [-0.4, -0.2) is 136 Å². The van der Waals surface area contributed by atoms with Crippen molar-refractivity contribution >= 4 is 45.2 Å². The molecule has 0 aliphatic carbocycles. The maximum Gasteiger partial charge on any atom is 0.573 e. The number of aliphatic hydroxyl groups is 1. The summed E-state index contributed by atoms with van der Waals surface area (Å²) in [5.41, 5.74) is -2.00.